The Morgan fingerprint density at radius 3 is 2.92 bits per heavy atom. The number of guanidine groups is 1. The Bertz CT molecular complexity index is 724. The van der Waals surface area contributed by atoms with Crippen molar-refractivity contribution >= 4 is 23.3 Å². The molecule has 0 aliphatic heterocycles. The Morgan fingerprint density at radius 1 is 1.48 bits per heavy atom. The van der Waals surface area contributed by atoms with Gasteiger partial charge in [-0.25, -0.2) is 4.68 Å². The van der Waals surface area contributed by atoms with Gasteiger partial charge in [0.1, 0.15) is 12.2 Å². The molecule has 0 saturated heterocycles. The van der Waals surface area contributed by atoms with Gasteiger partial charge in [-0.1, -0.05) is 5.21 Å². The number of aryl methyl sites for hydroxylation is 1. The van der Waals surface area contributed by atoms with E-state index in [2.05, 4.69) is 56.7 Å². The number of nitrogens with one attached hydrogen (secondary N) is 2. The lowest BCUT2D eigenvalue weighted by Gasteiger charge is -2.16. The number of ether oxygens (including phenoxy) is 1. The van der Waals surface area contributed by atoms with Gasteiger partial charge in [0.15, 0.2) is 5.96 Å². The zero-order valence-corrected chi connectivity index (χ0v) is 15.8. The van der Waals surface area contributed by atoms with E-state index >= 15 is 0 Å². The Kier molecular flexibility index (Phi) is 6.93. The van der Waals surface area contributed by atoms with Crippen LogP contribution in [0, 0.1) is 6.92 Å². The third kappa shape index (κ3) is 6.18. The maximum atomic E-state index is 11.2. The minimum atomic E-state index is -0.362. The highest BCUT2D eigenvalue weighted by atomic mass is 32.1. The smallest absolute Gasteiger partial charge is 0.327 e. The van der Waals surface area contributed by atoms with Gasteiger partial charge < -0.3 is 15.4 Å². The maximum absolute atomic E-state index is 11.2. The Hall–Kier alpha value is -2.42. The van der Waals surface area contributed by atoms with Gasteiger partial charge in [-0.3, -0.25) is 9.79 Å². The molecule has 0 aliphatic rings. The summed E-state index contributed by atoms with van der Waals surface area (Å²) in [6.07, 6.45) is 2.64. The fourth-order valence-electron chi connectivity index (χ4n) is 2.24. The van der Waals surface area contributed by atoms with Crippen LogP contribution in [0.2, 0.25) is 0 Å². The van der Waals surface area contributed by atoms with Gasteiger partial charge in [0.2, 0.25) is 0 Å². The van der Waals surface area contributed by atoms with Crippen LogP contribution in [-0.4, -0.2) is 47.1 Å². The fourth-order valence-corrected chi connectivity index (χ4v) is 3.26. The van der Waals surface area contributed by atoms with Gasteiger partial charge in [-0.15, -0.1) is 16.4 Å². The highest BCUT2D eigenvalue weighted by Gasteiger charge is 2.09. The van der Waals surface area contributed by atoms with Crippen molar-refractivity contribution in [3.05, 3.63) is 33.8 Å². The van der Waals surface area contributed by atoms with Crippen LogP contribution in [0.5, 0.6) is 0 Å². The van der Waals surface area contributed by atoms with Crippen LogP contribution < -0.4 is 10.6 Å². The molecule has 2 heterocycles. The SMILES string of the molecule is CN=C(NCc1cn(CC(=O)OC)nn1)NC(C)Cc1ccc(C)s1. The topological polar surface area (TPSA) is 93.4 Å². The van der Waals surface area contributed by atoms with Gasteiger partial charge in [0.25, 0.3) is 0 Å². The number of aromatic nitrogens is 3. The molecule has 0 amide bonds. The summed E-state index contributed by atoms with van der Waals surface area (Å²) in [5.41, 5.74) is 0.716. The summed E-state index contributed by atoms with van der Waals surface area (Å²) in [6, 6.07) is 4.55. The summed E-state index contributed by atoms with van der Waals surface area (Å²) in [7, 11) is 3.07. The number of thiophene rings is 1. The second-order valence-corrected chi connectivity index (χ2v) is 7.04. The molecular weight excluding hydrogens is 340 g/mol. The second kappa shape index (κ2) is 9.16. The molecule has 9 heteroatoms. The molecule has 0 saturated carbocycles. The van der Waals surface area contributed by atoms with Crippen molar-refractivity contribution in [3.8, 4) is 0 Å². The first-order valence-corrected chi connectivity index (χ1v) is 8.80. The second-order valence-electron chi connectivity index (χ2n) is 5.67. The molecule has 0 fully saturated rings. The van der Waals surface area contributed by atoms with E-state index in [4.69, 9.17) is 0 Å². The number of aliphatic imine (C=N–C) groups is 1. The number of hydrogen-bond donors (Lipinski definition) is 2. The van der Waals surface area contributed by atoms with E-state index in [0.717, 1.165) is 6.42 Å². The number of esters is 1. The molecule has 2 N–H and O–H groups in total. The van der Waals surface area contributed by atoms with Gasteiger partial charge in [0, 0.05) is 29.3 Å². The Morgan fingerprint density at radius 2 is 2.28 bits per heavy atom. The third-order valence-electron chi connectivity index (χ3n) is 3.45. The molecule has 8 nitrogen and oxygen atoms in total. The molecule has 2 rings (SSSR count). The predicted molar refractivity (Wildman–Crippen MR) is 97.6 cm³/mol. The van der Waals surface area contributed by atoms with E-state index in [0.29, 0.717) is 18.2 Å². The Labute approximate surface area is 151 Å². The molecule has 0 aromatic carbocycles. The first kappa shape index (κ1) is 18.9. The Balaban J connectivity index is 1.80. The van der Waals surface area contributed by atoms with Crippen LogP contribution in [0.3, 0.4) is 0 Å². The summed E-state index contributed by atoms with van der Waals surface area (Å²) >= 11 is 1.81. The summed E-state index contributed by atoms with van der Waals surface area (Å²) < 4.78 is 6.05. The number of nitrogens with zero attached hydrogens (tertiary/aromatic N) is 4. The van der Waals surface area contributed by atoms with Crippen LogP contribution in [-0.2, 0) is 29.0 Å². The fraction of sp³-hybridized carbons (Fsp3) is 0.500. The first-order chi connectivity index (χ1) is 12.0. The lowest BCUT2D eigenvalue weighted by Crippen LogP contribution is -2.42. The van der Waals surface area contributed by atoms with E-state index in [9.17, 15) is 4.79 Å². The number of methoxy groups -OCH3 is 1. The van der Waals surface area contributed by atoms with Crippen LogP contribution in [0.1, 0.15) is 22.4 Å². The highest BCUT2D eigenvalue weighted by Crippen LogP contribution is 2.16. The van der Waals surface area contributed by atoms with Crippen molar-refractivity contribution in [2.24, 2.45) is 4.99 Å². The molecule has 2 aromatic rings. The van der Waals surface area contributed by atoms with Crippen molar-refractivity contribution in [2.75, 3.05) is 14.2 Å². The third-order valence-corrected chi connectivity index (χ3v) is 4.47. The molecule has 1 atom stereocenters. The summed E-state index contributed by atoms with van der Waals surface area (Å²) in [5, 5.41) is 14.5. The van der Waals surface area contributed by atoms with E-state index in [1.54, 1.807) is 13.2 Å². The predicted octanol–water partition coefficient (Wildman–Crippen LogP) is 1.12. The maximum Gasteiger partial charge on any atom is 0.327 e. The molecule has 2 aromatic heterocycles. The number of hydrogen-bond acceptors (Lipinski definition) is 6. The zero-order valence-electron chi connectivity index (χ0n) is 14.9. The lowest BCUT2D eigenvalue weighted by molar-refractivity contribution is -0.141. The normalized spacial score (nSPS) is 12.7. The van der Waals surface area contributed by atoms with Crippen LogP contribution in [0.4, 0.5) is 0 Å². The average Bonchev–Trinajstić information content (AvgIpc) is 3.20. The summed E-state index contributed by atoms with van der Waals surface area (Å²) in [4.78, 5) is 18.1. The van der Waals surface area contributed by atoms with Crippen LogP contribution in [0.25, 0.3) is 0 Å². The zero-order chi connectivity index (χ0) is 18.2. The molecule has 0 aliphatic carbocycles. The van der Waals surface area contributed by atoms with Gasteiger partial charge in [-0.05, 0) is 26.0 Å². The van der Waals surface area contributed by atoms with Crippen molar-refractivity contribution in [1.82, 2.24) is 25.6 Å². The summed E-state index contributed by atoms with van der Waals surface area (Å²) in [5.74, 6) is 0.336. The van der Waals surface area contributed by atoms with Crippen molar-refractivity contribution in [1.29, 1.82) is 0 Å². The van der Waals surface area contributed by atoms with Crippen molar-refractivity contribution < 1.29 is 9.53 Å². The minimum Gasteiger partial charge on any atom is -0.468 e. The quantitative estimate of drug-likeness (QED) is 0.434. The highest BCUT2D eigenvalue weighted by molar-refractivity contribution is 7.11. The van der Waals surface area contributed by atoms with Crippen molar-refractivity contribution in [3.63, 3.8) is 0 Å². The van der Waals surface area contributed by atoms with E-state index in [-0.39, 0.29) is 18.6 Å². The molecule has 1 unspecified atom stereocenters. The number of rotatable bonds is 7. The van der Waals surface area contributed by atoms with E-state index in [1.165, 1.54) is 21.5 Å². The average molecular weight is 364 g/mol. The molecular formula is C16H24N6O2S. The van der Waals surface area contributed by atoms with Crippen molar-refractivity contribution in [2.45, 2.75) is 39.4 Å². The van der Waals surface area contributed by atoms with Gasteiger partial charge in [-0.2, -0.15) is 0 Å². The van der Waals surface area contributed by atoms with Crippen LogP contribution in [0.15, 0.2) is 23.3 Å². The molecule has 0 radical (unpaired) electrons. The minimum absolute atomic E-state index is 0.0493. The standard InChI is InChI=1S/C16H24N6O2S/c1-11(7-14-6-5-12(2)25-14)19-16(17-3)18-8-13-9-22(21-20-13)10-15(23)24-4/h5-6,9,11H,7-8,10H2,1-4H3,(H2,17,18,19). The summed E-state index contributed by atoms with van der Waals surface area (Å²) in [6.45, 7) is 4.74. The number of carbonyl (C=O) groups is 1. The van der Waals surface area contributed by atoms with E-state index in [1.807, 2.05) is 11.3 Å². The van der Waals surface area contributed by atoms with E-state index < -0.39 is 0 Å². The molecule has 25 heavy (non-hydrogen) atoms. The largest absolute Gasteiger partial charge is 0.468 e. The van der Waals surface area contributed by atoms with Crippen LogP contribution >= 0.6 is 11.3 Å². The molecule has 0 bridgehead atoms. The molecule has 136 valence electrons. The number of carbonyl (C=O) groups excluding carboxylic acids is 1. The monoisotopic (exact) mass is 364 g/mol. The first-order valence-electron chi connectivity index (χ1n) is 7.98. The van der Waals surface area contributed by atoms with Gasteiger partial charge in [0.05, 0.1) is 19.9 Å². The van der Waals surface area contributed by atoms with Gasteiger partial charge >= 0.3 is 5.97 Å². The lowest BCUT2D eigenvalue weighted by atomic mass is 10.2. The molecule has 0 spiro atoms.